The molecule has 0 aliphatic heterocycles. The molecule has 92 valence electrons. The summed E-state index contributed by atoms with van der Waals surface area (Å²) in [6, 6.07) is 1.80. The Kier molecular flexibility index (Phi) is 4.45. The SMILES string of the molecule is CCC(C(=O)Nc1cncc(C)c1)/C(N)=N/O. The lowest BCUT2D eigenvalue weighted by molar-refractivity contribution is -0.118. The lowest BCUT2D eigenvalue weighted by Crippen LogP contribution is -2.34. The summed E-state index contributed by atoms with van der Waals surface area (Å²) in [5, 5.41) is 14.1. The van der Waals surface area contributed by atoms with Crippen molar-refractivity contribution in [3.63, 3.8) is 0 Å². The topological polar surface area (TPSA) is 101 Å². The van der Waals surface area contributed by atoms with E-state index in [-0.39, 0.29) is 11.7 Å². The van der Waals surface area contributed by atoms with Crippen LogP contribution in [-0.4, -0.2) is 21.9 Å². The van der Waals surface area contributed by atoms with Crippen molar-refractivity contribution in [1.82, 2.24) is 4.98 Å². The maximum absolute atomic E-state index is 11.8. The molecule has 0 spiro atoms. The monoisotopic (exact) mass is 236 g/mol. The van der Waals surface area contributed by atoms with Crippen molar-refractivity contribution < 1.29 is 10.0 Å². The molecule has 0 aliphatic carbocycles. The average Bonchev–Trinajstić information content (AvgIpc) is 2.29. The number of nitrogens with zero attached hydrogens (tertiary/aromatic N) is 2. The first-order chi connectivity index (χ1) is 8.08. The molecular formula is C11H16N4O2. The fraction of sp³-hybridized carbons (Fsp3) is 0.364. The molecule has 17 heavy (non-hydrogen) atoms. The number of aryl methyl sites for hydroxylation is 1. The van der Waals surface area contributed by atoms with Gasteiger partial charge in [0.05, 0.1) is 17.8 Å². The van der Waals surface area contributed by atoms with E-state index in [0.29, 0.717) is 12.1 Å². The van der Waals surface area contributed by atoms with Gasteiger partial charge in [-0.15, -0.1) is 0 Å². The van der Waals surface area contributed by atoms with Crippen LogP contribution < -0.4 is 11.1 Å². The Morgan fingerprint density at radius 2 is 2.35 bits per heavy atom. The first-order valence-electron chi connectivity index (χ1n) is 5.28. The lowest BCUT2D eigenvalue weighted by Gasteiger charge is -2.13. The smallest absolute Gasteiger partial charge is 0.235 e. The number of carbonyl (C=O) groups is 1. The van der Waals surface area contributed by atoms with Crippen molar-refractivity contribution in [1.29, 1.82) is 0 Å². The summed E-state index contributed by atoms with van der Waals surface area (Å²) in [5.41, 5.74) is 6.98. The molecule has 1 rings (SSSR count). The molecule has 1 atom stereocenters. The quantitative estimate of drug-likeness (QED) is 0.315. The van der Waals surface area contributed by atoms with Gasteiger partial charge in [-0.1, -0.05) is 12.1 Å². The Morgan fingerprint density at radius 3 is 2.88 bits per heavy atom. The number of pyridine rings is 1. The fourth-order valence-corrected chi connectivity index (χ4v) is 1.45. The maximum atomic E-state index is 11.8. The fourth-order valence-electron chi connectivity index (χ4n) is 1.45. The third-order valence-corrected chi connectivity index (χ3v) is 2.34. The molecule has 0 bridgehead atoms. The lowest BCUT2D eigenvalue weighted by atomic mass is 10.0. The molecule has 6 heteroatoms. The second kappa shape index (κ2) is 5.83. The minimum Gasteiger partial charge on any atom is -0.409 e. The van der Waals surface area contributed by atoms with Gasteiger partial charge >= 0.3 is 0 Å². The summed E-state index contributed by atoms with van der Waals surface area (Å²) in [7, 11) is 0. The van der Waals surface area contributed by atoms with Crippen LogP contribution in [0.2, 0.25) is 0 Å². The number of amidine groups is 1. The Hall–Kier alpha value is -2.11. The van der Waals surface area contributed by atoms with Gasteiger partial charge in [0.1, 0.15) is 0 Å². The largest absolute Gasteiger partial charge is 0.409 e. The van der Waals surface area contributed by atoms with Gasteiger partial charge < -0.3 is 16.3 Å². The Balaban J connectivity index is 2.78. The molecule has 1 aromatic heterocycles. The summed E-state index contributed by atoms with van der Waals surface area (Å²) < 4.78 is 0. The number of rotatable bonds is 4. The average molecular weight is 236 g/mol. The van der Waals surface area contributed by atoms with Crippen molar-refractivity contribution >= 4 is 17.4 Å². The molecule has 6 nitrogen and oxygen atoms in total. The Bertz CT molecular complexity index is 431. The number of amides is 1. The number of nitrogens with one attached hydrogen (secondary N) is 1. The standard InChI is InChI=1S/C11H16N4O2/c1-3-9(10(12)15-17)11(16)14-8-4-7(2)5-13-6-8/h4-6,9,17H,3H2,1-2H3,(H2,12,15)(H,14,16). The van der Waals surface area contributed by atoms with Gasteiger partial charge in [0.2, 0.25) is 5.91 Å². The van der Waals surface area contributed by atoms with Crippen LogP contribution in [0.15, 0.2) is 23.6 Å². The van der Waals surface area contributed by atoms with Crippen molar-refractivity contribution in [3.8, 4) is 0 Å². The van der Waals surface area contributed by atoms with Crippen molar-refractivity contribution in [2.24, 2.45) is 16.8 Å². The zero-order valence-corrected chi connectivity index (χ0v) is 9.84. The van der Waals surface area contributed by atoms with Gasteiger partial charge in [0.25, 0.3) is 0 Å². The highest BCUT2D eigenvalue weighted by Gasteiger charge is 2.21. The molecule has 0 saturated heterocycles. The van der Waals surface area contributed by atoms with E-state index in [9.17, 15) is 4.79 Å². The zero-order valence-electron chi connectivity index (χ0n) is 9.84. The van der Waals surface area contributed by atoms with Gasteiger partial charge in [-0.05, 0) is 25.0 Å². The summed E-state index contributed by atoms with van der Waals surface area (Å²) in [6.45, 7) is 3.67. The summed E-state index contributed by atoms with van der Waals surface area (Å²) >= 11 is 0. The van der Waals surface area contributed by atoms with Crippen LogP contribution in [-0.2, 0) is 4.79 Å². The van der Waals surface area contributed by atoms with Gasteiger partial charge in [-0.25, -0.2) is 0 Å². The van der Waals surface area contributed by atoms with E-state index in [1.165, 1.54) is 0 Å². The number of hydrogen-bond donors (Lipinski definition) is 3. The van der Waals surface area contributed by atoms with E-state index in [2.05, 4.69) is 15.5 Å². The highest BCUT2D eigenvalue weighted by atomic mass is 16.4. The van der Waals surface area contributed by atoms with Crippen LogP contribution in [0.1, 0.15) is 18.9 Å². The van der Waals surface area contributed by atoms with Gasteiger partial charge in [0, 0.05) is 6.20 Å². The molecule has 0 aromatic carbocycles. The number of aromatic nitrogens is 1. The number of carbonyl (C=O) groups excluding carboxylic acids is 1. The van der Waals surface area contributed by atoms with Crippen LogP contribution in [0.4, 0.5) is 5.69 Å². The van der Waals surface area contributed by atoms with E-state index in [0.717, 1.165) is 5.56 Å². The predicted molar refractivity (Wildman–Crippen MR) is 64.8 cm³/mol. The van der Waals surface area contributed by atoms with Crippen LogP contribution in [0.5, 0.6) is 0 Å². The molecule has 4 N–H and O–H groups in total. The molecule has 0 saturated carbocycles. The summed E-state index contributed by atoms with van der Waals surface area (Å²) in [4.78, 5) is 15.8. The van der Waals surface area contributed by atoms with Crippen LogP contribution in [0.25, 0.3) is 0 Å². The van der Waals surface area contributed by atoms with Crippen LogP contribution in [0, 0.1) is 12.8 Å². The minimum atomic E-state index is -0.638. The van der Waals surface area contributed by atoms with Crippen LogP contribution in [0.3, 0.4) is 0 Å². The zero-order chi connectivity index (χ0) is 12.8. The van der Waals surface area contributed by atoms with Gasteiger partial charge in [-0.2, -0.15) is 0 Å². The van der Waals surface area contributed by atoms with Crippen LogP contribution >= 0.6 is 0 Å². The van der Waals surface area contributed by atoms with E-state index in [1.54, 1.807) is 25.4 Å². The van der Waals surface area contributed by atoms with Gasteiger partial charge in [0.15, 0.2) is 5.84 Å². The Morgan fingerprint density at radius 1 is 1.65 bits per heavy atom. The number of nitrogens with two attached hydrogens (primary N) is 1. The number of hydrogen-bond acceptors (Lipinski definition) is 4. The first-order valence-corrected chi connectivity index (χ1v) is 5.28. The number of oxime groups is 1. The van der Waals surface area contributed by atoms with E-state index >= 15 is 0 Å². The van der Waals surface area contributed by atoms with E-state index in [4.69, 9.17) is 10.9 Å². The van der Waals surface area contributed by atoms with Crippen molar-refractivity contribution in [3.05, 3.63) is 24.0 Å². The molecule has 1 amide bonds. The second-order valence-corrected chi connectivity index (χ2v) is 3.73. The summed E-state index contributed by atoms with van der Waals surface area (Å²) in [6.07, 6.45) is 3.70. The molecule has 0 fully saturated rings. The molecule has 1 heterocycles. The normalized spacial score (nSPS) is 13.2. The van der Waals surface area contributed by atoms with Gasteiger partial charge in [-0.3, -0.25) is 9.78 Å². The van der Waals surface area contributed by atoms with E-state index in [1.807, 2.05) is 6.92 Å². The molecule has 1 aromatic rings. The Labute approximate surface area is 99.5 Å². The van der Waals surface area contributed by atoms with Crippen molar-refractivity contribution in [2.75, 3.05) is 5.32 Å². The first kappa shape index (κ1) is 13.0. The van der Waals surface area contributed by atoms with Crippen molar-refractivity contribution in [2.45, 2.75) is 20.3 Å². The maximum Gasteiger partial charge on any atom is 0.235 e. The highest BCUT2D eigenvalue weighted by molar-refractivity contribution is 6.07. The minimum absolute atomic E-state index is 0.0920. The predicted octanol–water partition coefficient (Wildman–Crippen LogP) is 1.10. The number of anilines is 1. The molecular weight excluding hydrogens is 220 g/mol. The second-order valence-electron chi connectivity index (χ2n) is 3.73. The molecule has 0 radical (unpaired) electrons. The molecule has 0 aliphatic rings. The van der Waals surface area contributed by atoms with E-state index < -0.39 is 5.92 Å². The third kappa shape index (κ3) is 3.44. The third-order valence-electron chi connectivity index (χ3n) is 2.34. The highest BCUT2D eigenvalue weighted by Crippen LogP contribution is 2.11. The molecule has 1 unspecified atom stereocenters. The summed E-state index contributed by atoms with van der Waals surface area (Å²) in [5.74, 6) is -1.04.